The summed E-state index contributed by atoms with van der Waals surface area (Å²) in [6.45, 7) is 4.21. The van der Waals surface area contributed by atoms with E-state index >= 15 is 0 Å². The van der Waals surface area contributed by atoms with E-state index in [1.54, 1.807) is 0 Å². The molecular formula is C14H26ClN3O3S. The molecule has 0 spiro atoms. The molecular weight excluding hydrogens is 326 g/mol. The van der Waals surface area contributed by atoms with Crippen LogP contribution in [0, 0.1) is 0 Å². The first-order chi connectivity index (χ1) is 10.2. The molecule has 128 valence electrons. The molecule has 0 aromatic heterocycles. The summed E-state index contributed by atoms with van der Waals surface area (Å²) in [6, 6.07) is 0.405. The van der Waals surface area contributed by atoms with Gasteiger partial charge in [-0.05, 0) is 19.9 Å². The van der Waals surface area contributed by atoms with Gasteiger partial charge in [-0.1, -0.05) is 0 Å². The van der Waals surface area contributed by atoms with Crippen LogP contribution < -0.4 is 5.32 Å². The van der Waals surface area contributed by atoms with Gasteiger partial charge in [0.05, 0.1) is 24.7 Å². The molecule has 2 fully saturated rings. The summed E-state index contributed by atoms with van der Waals surface area (Å²) in [7, 11) is 1.94. The molecule has 1 N–H and O–H groups in total. The molecule has 22 heavy (non-hydrogen) atoms. The number of piperidine rings is 1. The van der Waals surface area contributed by atoms with Crippen molar-refractivity contribution in [3.63, 3.8) is 0 Å². The Bertz CT molecular complexity index is 367. The van der Waals surface area contributed by atoms with Gasteiger partial charge in [0.1, 0.15) is 0 Å². The maximum absolute atomic E-state index is 12.1. The molecule has 1 unspecified atom stereocenters. The van der Waals surface area contributed by atoms with E-state index in [2.05, 4.69) is 5.32 Å². The molecule has 0 saturated carbocycles. The van der Waals surface area contributed by atoms with Gasteiger partial charge in [-0.15, -0.1) is 24.2 Å². The Kier molecular flexibility index (Phi) is 9.16. The number of halogens is 1. The van der Waals surface area contributed by atoms with Crippen LogP contribution in [0.2, 0.25) is 0 Å². The van der Waals surface area contributed by atoms with Crippen LogP contribution in [0.3, 0.4) is 0 Å². The predicted octanol–water partition coefficient (Wildman–Crippen LogP) is 0.211. The number of amides is 2. The van der Waals surface area contributed by atoms with Crippen LogP contribution in [-0.4, -0.2) is 85.6 Å². The zero-order valence-corrected chi connectivity index (χ0v) is 14.7. The van der Waals surface area contributed by atoms with Gasteiger partial charge in [-0.2, -0.15) is 0 Å². The summed E-state index contributed by atoms with van der Waals surface area (Å²) in [6.07, 6.45) is 2.18. The Morgan fingerprint density at radius 1 is 1.14 bits per heavy atom. The summed E-state index contributed by atoms with van der Waals surface area (Å²) >= 11 is 1.42. The standard InChI is InChI=1S/C14H25N3O3S.ClH/c1-15-12-3-2-4-17(9-12)14(19)11-21-10-13(18)16-5-7-20-8-6-16;/h12,15H,2-11H2,1H3;1H. The minimum atomic E-state index is 0. The molecule has 2 saturated heterocycles. The van der Waals surface area contributed by atoms with Crippen LogP contribution in [0.25, 0.3) is 0 Å². The number of hydrogen-bond acceptors (Lipinski definition) is 5. The zero-order valence-electron chi connectivity index (χ0n) is 13.1. The lowest BCUT2D eigenvalue weighted by molar-refractivity contribution is -0.132. The minimum Gasteiger partial charge on any atom is -0.378 e. The first-order valence-corrected chi connectivity index (χ1v) is 8.74. The second kappa shape index (κ2) is 10.3. The molecule has 0 radical (unpaired) electrons. The molecule has 2 aliphatic heterocycles. The number of morpholine rings is 1. The molecule has 0 aliphatic carbocycles. The number of thioether (sulfide) groups is 1. The summed E-state index contributed by atoms with van der Waals surface area (Å²) < 4.78 is 5.23. The van der Waals surface area contributed by atoms with Crippen LogP contribution in [0.5, 0.6) is 0 Å². The number of rotatable bonds is 5. The molecule has 0 aromatic carbocycles. The van der Waals surface area contributed by atoms with Crippen LogP contribution >= 0.6 is 24.2 Å². The summed E-state index contributed by atoms with van der Waals surface area (Å²) in [4.78, 5) is 27.9. The fourth-order valence-corrected chi connectivity index (χ4v) is 3.48. The average Bonchev–Trinajstić information content (AvgIpc) is 2.55. The Hall–Kier alpha value is -0.500. The fraction of sp³-hybridized carbons (Fsp3) is 0.857. The Labute approximate surface area is 142 Å². The van der Waals surface area contributed by atoms with Crippen LogP contribution in [0.4, 0.5) is 0 Å². The van der Waals surface area contributed by atoms with E-state index in [4.69, 9.17) is 4.74 Å². The average molecular weight is 352 g/mol. The molecule has 2 aliphatic rings. The molecule has 1 atom stereocenters. The monoisotopic (exact) mass is 351 g/mol. The van der Waals surface area contributed by atoms with Crippen LogP contribution in [0.15, 0.2) is 0 Å². The van der Waals surface area contributed by atoms with Gasteiger partial charge < -0.3 is 19.9 Å². The molecule has 2 rings (SSSR count). The van der Waals surface area contributed by atoms with Gasteiger partial charge >= 0.3 is 0 Å². The summed E-state index contributed by atoms with van der Waals surface area (Å²) in [5.41, 5.74) is 0. The smallest absolute Gasteiger partial charge is 0.232 e. The lowest BCUT2D eigenvalue weighted by atomic mass is 10.1. The largest absolute Gasteiger partial charge is 0.378 e. The summed E-state index contributed by atoms with van der Waals surface area (Å²) in [5, 5.41) is 3.23. The Balaban J connectivity index is 0.00000242. The van der Waals surface area contributed by atoms with Gasteiger partial charge in [0.25, 0.3) is 0 Å². The van der Waals surface area contributed by atoms with E-state index < -0.39 is 0 Å². The molecule has 2 amide bonds. The lowest BCUT2D eigenvalue weighted by Crippen LogP contribution is -2.47. The quantitative estimate of drug-likeness (QED) is 0.767. The highest BCUT2D eigenvalue weighted by Crippen LogP contribution is 2.12. The fourth-order valence-electron chi connectivity index (χ4n) is 2.66. The number of likely N-dealkylation sites (tertiary alicyclic amines) is 1. The SMILES string of the molecule is CNC1CCCN(C(=O)CSCC(=O)N2CCOCC2)C1.Cl. The van der Waals surface area contributed by atoms with Crippen molar-refractivity contribution in [3.8, 4) is 0 Å². The summed E-state index contributed by atoms with van der Waals surface area (Å²) in [5.74, 6) is 1.04. The third-order valence-corrected chi connectivity index (χ3v) is 4.90. The second-order valence-electron chi connectivity index (χ2n) is 5.45. The van der Waals surface area contributed by atoms with Gasteiger partial charge in [-0.25, -0.2) is 0 Å². The van der Waals surface area contributed by atoms with Crippen molar-refractivity contribution < 1.29 is 14.3 Å². The van der Waals surface area contributed by atoms with Crippen molar-refractivity contribution in [2.24, 2.45) is 0 Å². The number of nitrogens with one attached hydrogen (secondary N) is 1. The topological polar surface area (TPSA) is 61.9 Å². The normalized spacial score (nSPS) is 22.1. The molecule has 8 heteroatoms. The molecule has 2 heterocycles. The van der Waals surface area contributed by atoms with Gasteiger partial charge in [0, 0.05) is 32.2 Å². The highest BCUT2D eigenvalue weighted by Gasteiger charge is 2.23. The predicted molar refractivity (Wildman–Crippen MR) is 90.6 cm³/mol. The van der Waals surface area contributed by atoms with E-state index in [0.717, 1.165) is 25.9 Å². The van der Waals surface area contributed by atoms with Gasteiger partial charge in [0.2, 0.25) is 11.8 Å². The van der Waals surface area contributed by atoms with Gasteiger partial charge in [-0.3, -0.25) is 9.59 Å². The number of likely N-dealkylation sites (N-methyl/N-ethyl adjacent to an activating group) is 1. The maximum Gasteiger partial charge on any atom is 0.232 e. The molecule has 0 aromatic rings. The number of carbonyl (C=O) groups excluding carboxylic acids is 2. The van der Waals surface area contributed by atoms with Crippen molar-refractivity contribution in [2.45, 2.75) is 18.9 Å². The first kappa shape index (κ1) is 19.5. The number of ether oxygens (including phenoxy) is 1. The van der Waals surface area contributed by atoms with Crippen LogP contribution in [-0.2, 0) is 14.3 Å². The highest BCUT2D eigenvalue weighted by molar-refractivity contribution is 8.00. The van der Waals surface area contributed by atoms with Crippen molar-refractivity contribution in [3.05, 3.63) is 0 Å². The van der Waals surface area contributed by atoms with Crippen molar-refractivity contribution >= 4 is 36.0 Å². The van der Waals surface area contributed by atoms with E-state index in [-0.39, 0.29) is 24.2 Å². The third-order valence-electron chi connectivity index (χ3n) is 4.00. The second-order valence-corrected chi connectivity index (χ2v) is 6.44. The number of hydrogen-bond donors (Lipinski definition) is 1. The zero-order chi connectivity index (χ0) is 15.1. The molecule has 6 nitrogen and oxygen atoms in total. The highest BCUT2D eigenvalue weighted by atomic mass is 35.5. The third kappa shape index (κ3) is 5.95. The maximum atomic E-state index is 12.1. The minimum absolute atomic E-state index is 0. The van der Waals surface area contributed by atoms with Crippen molar-refractivity contribution in [2.75, 3.05) is 57.9 Å². The van der Waals surface area contributed by atoms with Crippen LogP contribution in [0.1, 0.15) is 12.8 Å². The number of nitrogens with zero attached hydrogens (tertiary/aromatic N) is 2. The Morgan fingerprint density at radius 2 is 1.77 bits per heavy atom. The van der Waals surface area contributed by atoms with E-state index in [9.17, 15) is 9.59 Å². The Morgan fingerprint density at radius 3 is 2.41 bits per heavy atom. The van der Waals surface area contributed by atoms with E-state index in [1.165, 1.54) is 11.8 Å². The number of carbonyl (C=O) groups is 2. The van der Waals surface area contributed by atoms with E-state index in [0.29, 0.717) is 43.9 Å². The lowest BCUT2D eigenvalue weighted by Gasteiger charge is -2.32. The van der Waals surface area contributed by atoms with Gasteiger partial charge in [0.15, 0.2) is 0 Å². The van der Waals surface area contributed by atoms with Crippen molar-refractivity contribution in [1.29, 1.82) is 0 Å². The van der Waals surface area contributed by atoms with E-state index in [1.807, 2.05) is 16.8 Å². The first-order valence-electron chi connectivity index (χ1n) is 7.59. The van der Waals surface area contributed by atoms with Crippen molar-refractivity contribution in [1.82, 2.24) is 15.1 Å². The molecule has 0 bridgehead atoms.